The Labute approximate surface area is 107 Å². The van der Waals surface area contributed by atoms with Crippen molar-refractivity contribution in [2.75, 3.05) is 13.1 Å². The van der Waals surface area contributed by atoms with E-state index in [0.29, 0.717) is 6.54 Å². The minimum absolute atomic E-state index is 0.677. The predicted molar refractivity (Wildman–Crippen MR) is 70.2 cm³/mol. The fraction of sp³-hybridized carbons (Fsp3) is 0.462. The Hall–Kier alpha value is -1.75. The van der Waals surface area contributed by atoms with E-state index < -0.39 is 0 Å². The second-order valence-electron chi connectivity index (χ2n) is 4.20. The van der Waals surface area contributed by atoms with Crippen LogP contribution < -0.4 is 5.32 Å². The molecule has 18 heavy (non-hydrogen) atoms. The molecule has 5 heteroatoms. The van der Waals surface area contributed by atoms with Crippen LogP contribution in [-0.4, -0.2) is 32.6 Å². The maximum absolute atomic E-state index is 4.38. The molecule has 2 aromatic heterocycles. The lowest BCUT2D eigenvalue weighted by Gasteiger charge is -2.00. The second-order valence-corrected chi connectivity index (χ2v) is 4.20. The largest absolute Gasteiger partial charge is 0.330 e. The Morgan fingerprint density at radius 2 is 2.00 bits per heavy atom. The zero-order chi connectivity index (χ0) is 12.6. The van der Waals surface area contributed by atoms with Gasteiger partial charge in [0, 0.05) is 31.6 Å². The van der Waals surface area contributed by atoms with Crippen LogP contribution in [0.1, 0.15) is 24.9 Å². The van der Waals surface area contributed by atoms with Crippen molar-refractivity contribution in [1.82, 2.24) is 24.8 Å². The zero-order valence-electron chi connectivity index (χ0n) is 10.7. The van der Waals surface area contributed by atoms with Gasteiger partial charge in [-0.3, -0.25) is 0 Å². The molecule has 0 fully saturated rings. The number of aromatic nitrogens is 4. The monoisotopic (exact) mass is 245 g/mol. The van der Waals surface area contributed by atoms with E-state index in [1.54, 1.807) is 12.4 Å². The Kier molecular flexibility index (Phi) is 4.84. The van der Waals surface area contributed by atoms with Crippen LogP contribution >= 0.6 is 0 Å². The molecule has 0 radical (unpaired) electrons. The Morgan fingerprint density at radius 3 is 2.78 bits per heavy atom. The molecule has 5 nitrogen and oxygen atoms in total. The lowest BCUT2D eigenvalue weighted by molar-refractivity contribution is 0.666. The van der Waals surface area contributed by atoms with Gasteiger partial charge in [-0.25, -0.2) is 15.0 Å². The number of nitrogens with zero attached hydrogens (tertiary/aromatic N) is 4. The van der Waals surface area contributed by atoms with Gasteiger partial charge in [-0.1, -0.05) is 6.92 Å². The van der Waals surface area contributed by atoms with Crippen molar-refractivity contribution in [3.8, 4) is 0 Å². The van der Waals surface area contributed by atoms with Crippen LogP contribution in [0.15, 0.2) is 31.0 Å². The molecule has 0 amide bonds. The summed E-state index contributed by atoms with van der Waals surface area (Å²) in [5.41, 5.74) is 1.11. The molecule has 0 aliphatic heterocycles. The van der Waals surface area contributed by atoms with Gasteiger partial charge in [0.05, 0.1) is 18.6 Å². The van der Waals surface area contributed by atoms with Crippen LogP contribution in [0.5, 0.6) is 0 Å². The quantitative estimate of drug-likeness (QED) is 0.746. The third-order valence-electron chi connectivity index (χ3n) is 2.61. The minimum atomic E-state index is 0.677. The first kappa shape index (κ1) is 12.7. The van der Waals surface area contributed by atoms with E-state index in [4.69, 9.17) is 0 Å². The Balaban J connectivity index is 1.83. The Bertz CT molecular complexity index is 451. The molecule has 2 rings (SSSR count). The molecule has 0 saturated carbocycles. The van der Waals surface area contributed by atoms with E-state index in [2.05, 4.69) is 33.4 Å². The van der Waals surface area contributed by atoms with Crippen LogP contribution in [0.2, 0.25) is 0 Å². The highest BCUT2D eigenvalue weighted by atomic mass is 15.1. The van der Waals surface area contributed by atoms with Gasteiger partial charge in [-0.2, -0.15) is 0 Å². The van der Waals surface area contributed by atoms with Crippen molar-refractivity contribution in [3.05, 3.63) is 42.5 Å². The van der Waals surface area contributed by atoms with Crippen molar-refractivity contribution in [1.29, 1.82) is 0 Å². The lowest BCUT2D eigenvalue weighted by Crippen LogP contribution is -2.17. The van der Waals surface area contributed by atoms with Crippen LogP contribution in [-0.2, 0) is 13.0 Å². The molecule has 2 aromatic rings. The topological polar surface area (TPSA) is 55.6 Å². The summed E-state index contributed by atoms with van der Waals surface area (Å²) in [4.78, 5) is 12.8. The molecule has 0 unspecified atom stereocenters. The van der Waals surface area contributed by atoms with Gasteiger partial charge in [-0.15, -0.1) is 0 Å². The van der Waals surface area contributed by atoms with Crippen LogP contribution in [0.3, 0.4) is 0 Å². The van der Waals surface area contributed by atoms with Crippen molar-refractivity contribution in [2.24, 2.45) is 0 Å². The molecule has 0 aliphatic carbocycles. The average Bonchev–Trinajstić information content (AvgIpc) is 2.84. The van der Waals surface area contributed by atoms with Crippen molar-refractivity contribution >= 4 is 0 Å². The van der Waals surface area contributed by atoms with E-state index in [-0.39, 0.29) is 0 Å². The summed E-state index contributed by atoms with van der Waals surface area (Å²) in [5.74, 6) is 0.811. The van der Waals surface area contributed by atoms with Crippen molar-refractivity contribution < 1.29 is 0 Å². The molecule has 2 heterocycles. The number of rotatable bonds is 7. The van der Waals surface area contributed by atoms with Gasteiger partial charge in [0.15, 0.2) is 0 Å². The number of imidazole rings is 1. The van der Waals surface area contributed by atoms with Crippen LogP contribution in [0.4, 0.5) is 0 Å². The molecular formula is C13H19N5. The summed E-state index contributed by atoms with van der Waals surface area (Å²) in [6.45, 7) is 4.89. The number of hydrogen-bond donors (Lipinski definition) is 1. The summed E-state index contributed by atoms with van der Waals surface area (Å²) < 4.78 is 2.02. The molecule has 1 N–H and O–H groups in total. The number of nitrogens with one attached hydrogen (secondary N) is 1. The molecular weight excluding hydrogens is 226 g/mol. The fourth-order valence-electron chi connectivity index (χ4n) is 1.72. The smallest absolute Gasteiger partial charge is 0.147 e. The highest BCUT2D eigenvalue weighted by molar-refractivity contribution is 4.99. The van der Waals surface area contributed by atoms with Crippen molar-refractivity contribution in [2.45, 2.75) is 26.3 Å². The fourth-order valence-corrected chi connectivity index (χ4v) is 1.72. The van der Waals surface area contributed by atoms with E-state index in [1.165, 1.54) is 6.42 Å². The van der Waals surface area contributed by atoms with E-state index in [9.17, 15) is 0 Å². The lowest BCUT2D eigenvalue weighted by atomic mass is 10.3. The molecule has 0 bridgehead atoms. The summed E-state index contributed by atoms with van der Waals surface area (Å²) >= 11 is 0. The van der Waals surface area contributed by atoms with Gasteiger partial charge in [0.1, 0.15) is 5.82 Å². The highest BCUT2D eigenvalue weighted by Gasteiger charge is 2.00. The maximum atomic E-state index is 4.38. The van der Waals surface area contributed by atoms with E-state index >= 15 is 0 Å². The third kappa shape index (κ3) is 3.92. The van der Waals surface area contributed by atoms with Crippen molar-refractivity contribution in [3.63, 3.8) is 0 Å². The summed E-state index contributed by atoms with van der Waals surface area (Å²) in [7, 11) is 0. The average molecular weight is 245 g/mol. The molecule has 0 saturated heterocycles. The van der Waals surface area contributed by atoms with Gasteiger partial charge in [-0.05, 0) is 19.0 Å². The second kappa shape index (κ2) is 6.86. The normalized spacial score (nSPS) is 10.7. The highest BCUT2D eigenvalue weighted by Crippen LogP contribution is 1.99. The molecule has 0 aromatic carbocycles. The van der Waals surface area contributed by atoms with E-state index in [1.807, 2.05) is 17.0 Å². The summed E-state index contributed by atoms with van der Waals surface area (Å²) in [6.07, 6.45) is 9.54. The third-order valence-corrected chi connectivity index (χ3v) is 2.61. The van der Waals surface area contributed by atoms with Gasteiger partial charge >= 0.3 is 0 Å². The van der Waals surface area contributed by atoms with Gasteiger partial charge in [0.2, 0.25) is 0 Å². The molecule has 0 spiro atoms. The van der Waals surface area contributed by atoms with Gasteiger partial charge in [0.25, 0.3) is 0 Å². The molecule has 0 aliphatic rings. The first-order chi connectivity index (χ1) is 8.88. The first-order valence-corrected chi connectivity index (χ1v) is 6.35. The first-order valence-electron chi connectivity index (χ1n) is 6.35. The predicted octanol–water partition coefficient (Wildman–Crippen LogP) is 1.26. The van der Waals surface area contributed by atoms with Crippen LogP contribution in [0.25, 0.3) is 0 Å². The minimum Gasteiger partial charge on any atom is -0.330 e. The van der Waals surface area contributed by atoms with Gasteiger partial charge < -0.3 is 9.88 Å². The maximum Gasteiger partial charge on any atom is 0.147 e. The Morgan fingerprint density at radius 1 is 1.17 bits per heavy atom. The van der Waals surface area contributed by atoms with E-state index in [0.717, 1.165) is 31.0 Å². The van der Waals surface area contributed by atoms with Crippen LogP contribution in [0, 0.1) is 0 Å². The standard InChI is InChI=1S/C13H19N5/c1-2-5-14-8-4-12-9-18(11-17-12)10-13-15-6-3-7-16-13/h3,6-7,9,11,14H,2,4-5,8,10H2,1H3. The molecule has 0 atom stereocenters. The molecule has 96 valence electrons. The SMILES string of the molecule is CCCNCCc1cn(Cc2ncccn2)cn1. The summed E-state index contributed by atoms with van der Waals surface area (Å²) in [5, 5.41) is 3.37. The number of hydrogen-bond acceptors (Lipinski definition) is 4. The summed E-state index contributed by atoms with van der Waals surface area (Å²) in [6, 6.07) is 1.82. The zero-order valence-corrected chi connectivity index (χ0v) is 10.7.